The number of rotatable bonds is 2. The van der Waals surface area contributed by atoms with Crippen LogP contribution in [0.3, 0.4) is 0 Å². The van der Waals surface area contributed by atoms with E-state index in [0.717, 1.165) is 29.2 Å². The predicted octanol–water partition coefficient (Wildman–Crippen LogP) is 5.19. The fourth-order valence-corrected chi connectivity index (χ4v) is 10.7. The van der Waals surface area contributed by atoms with Gasteiger partial charge in [0.1, 0.15) is 8.24 Å². The summed E-state index contributed by atoms with van der Waals surface area (Å²) in [6.07, 6.45) is 10.9. The van der Waals surface area contributed by atoms with Gasteiger partial charge in [0.2, 0.25) is 0 Å². The monoisotopic (exact) mass is 293 g/mol. The van der Waals surface area contributed by atoms with Crippen molar-refractivity contribution in [3.63, 3.8) is 0 Å². The van der Waals surface area contributed by atoms with Crippen LogP contribution < -0.4 is 4.98 Å². The Balaban J connectivity index is 1.72. The molecule has 0 aliphatic heterocycles. The summed E-state index contributed by atoms with van der Waals surface area (Å²) >= 11 is 0. The number of fused-ring (bicyclic) bond motifs is 2. The largest absolute Gasteiger partial charge is 0.332 e. The van der Waals surface area contributed by atoms with Crippen LogP contribution >= 0.6 is 0 Å². The Hall–Kier alpha value is 0.177. The van der Waals surface area contributed by atoms with Crippen LogP contribution in [-0.2, 0) is 0 Å². The molecule has 0 heterocycles. The Kier molecular flexibility index (Phi) is 3.86. The zero-order chi connectivity index (χ0) is 14.5. The molecule has 116 valence electrons. The molecule has 5 atom stereocenters. The van der Waals surface area contributed by atoms with E-state index in [4.69, 9.17) is 0 Å². The Morgan fingerprint density at radius 2 is 1.50 bits per heavy atom. The zero-order valence-electron chi connectivity index (χ0n) is 14.3. The molecular formula is C18H35NSi. The van der Waals surface area contributed by atoms with Crippen LogP contribution in [0, 0.1) is 23.7 Å². The first-order valence-corrected chi connectivity index (χ1v) is 12.1. The van der Waals surface area contributed by atoms with Crippen LogP contribution in [-0.4, -0.2) is 13.8 Å². The average Bonchev–Trinajstić information content (AvgIpc) is 2.86. The first-order chi connectivity index (χ1) is 9.26. The van der Waals surface area contributed by atoms with E-state index in [-0.39, 0.29) is 0 Å². The van der Waals surface area contributed by atoms with Gasteiger partial charge in [0.05, 0.1) is 0 Å². The highest BCUT2D eigenvalue weighted by atomic mass is 28.3. The van der Waals surface area contributed by atoms with Crippen LogP contribution in [0.2, 0.25) is 18.6 Å². The molecule has 1 nitrogen and oxygen atoms in total. The molecule has 2 heteroatoms. The summed E-state index contributed by atoms with van der Waals surface area (Å²) < 4.78 is 0. The lowest BCUT2D eigenvalue weighted by atomic mass is 9.71. The molecule has 0 aromatic carbocycles. The van der Waals surface area contributed by atoms with Crippen LogP contribution in [0.25, 0.3) is 0 Å². The first-order valence-electron chi connectivity index (χ1n) is 9.05. The third-order valence-corrected chi connectivity index (χ3v) is 10.6. The van der Waals surface area contributed by atoms with Gasteiger partial charge in [-0.25, -0.2) is 0 Å². The minimum atomic E-state index is -1.31. The number of nitrogens with one attached hydrogen (secondary N) is 1. The van der Waals surface area contributed by atoms with Crippen molar-refractivity contribution >= 4 is 8.24 Å². The van der Waals surface area contributed by atoms with E-state index in [2.05, 4.69) is 38.8 Å². The highest BCUT2D eigenvalue weighted by Crippen LogP contribution is 2.58. The molecule has 5 unspecified atom stereocenters. The van der Waals surface area contributed by atoms with E-state index >= 15 is 0 Å². The Morgan fingerprint density at radius 3 is 2.15 bits per heavy atom. The molecule has 0 radical (unpaired) electrons. The lowest BCUT2D eigenvalue weighted by Crippen LogP contribution is -2.58. The summed E-state index contributed by atoms with van der Waals surface area (Å²) in [6.45, 7) is 12.3. The SMILES string of the molecule is CC(C)(C)N[Si](C)(C)C1CCC2CC3CCCC3CC21. The van der Waals surface area contributed by atoms with Gasteiger partial charge in [-0.3, -0.25) is 0 Å². The van der Waals surface area contributed by atoms with E-state index in [1.807, 2.05) is 0 Å². The van der Waals surface area contributed by atoms with E-state index in [1.54, 1.807) is 32.1 Å². The molecule has 0 saturated heterocycles. The van der Waals surface area contributed by atoms with Crippen molar-refractivity contribution in [3.8, 4) is 0 Å². The molecular weight excluding hydrogens is 258 g/mol. The normalized spacial score (nSPS) is 41.5. The molecule has 3 fully saturated rings. The second kappa shape index (κ2) is 5.12. The van der Waals surface area contributed by atoms with E-state index in [1.165, 1.54) is 12.8 Å². The third kappa shape index (κ3) is 2.88. The lowest BCUT2D eigenvalue weighted by Gasteiger charge is -2.44. The van der Waals surface area contributed by atoms with E-state index in [9.17, 15) is 0 Å². The second-order valence-electron chi connectivity index (χ2n) is 9.63. The number of hydrogen-bond donors (Lipinski definition) is 1. The fraction of sp³-hybridized carbons (Fsp3) is 1.00. The highest BCUT2D eigenvalue weighted by molar-refractivity contribution is 6.76. The van der Waals surface area contributed by atoms with Crippen LogP contribution in [0.15, 0.2) is 0 Å². The Bertz CT molecular complexity index is 357. The molecule has 1 N–H and O–H groups in total. The topological polar surface area (TPSA) is 12.0 Å². The van der Waals surface area contributed by atoms with Crippen molar-refractivity contribution < 1.29 is 0 Å². The molecule has 20 heavy (non-hydrogen) atoms. The summed E-state index contributed by atoms with van der Waals surface area (Å²) in [5.74, 6) is 4.39. The van der Waals surface area contributed by atoms with E-state index < -0.39 is 8.24 Å². The van der Waals surface area contributed by atoms with Crippen molar-refractivity contribution in [1.82, 2.24) is 4.98 Å². The average molecular weight is 294 g/mol. The maximum absolute atomic E-state index is 4.07. The van der Waals surface area contributed by atoms with E-state index in [0.29, 0.717) is 5.54 Å². The maximum Gasteiger partial charge on any atom is 0.123 e. The van der Waals surface area contributed by atoms with Crippen molar-refractivity contribution in [1.29, 1.82) is 0 Å². The summed E-state index contributed by atoms with van der Waals surface area (Å²) in [5, 5.41) is 0. The van der Waals surface area contributed by atoms with Crippen LogP contribution in [0.1, 0.15) is 65.7 Å². The minimum absolute atomic E-state index is 0.290. The molecule has 0 spiro atoms. The van der Waals surface area contributed by atoms with Crippen LogP contribution in [0.4, 0.5) is 0 Å². The molecule has 0 aromatic rings. The molecule has 3 rings (SSSR count). The Morgan fingerprint density at radius 1 is 0.850 bits per heavy atom. The molecule has 0 bridgehead atoms. The summed E-state index contributed by atoms with van der Waals surface area (Å²) in [6, 6.07) is 0. The van der Waals surface area contributed by atoms with Gasteiger partial charge in [0, 0.05) is 5.54 Å². The van der Waals surface area contributed by atoms with Gasteiger partial charge in [-0.05, 0) is 62.8 Å². The van der Waals surface area contributed by atoms with Crippen molar-refractivity contribution in [3.05, 3.63) is 0 Å². The third-order valence-electron chi connectivity index (χ3n) is 6.59. The van der Waals surface area contributed by atoms with Gasteiger partial charge < -0.3 is 4.98 Å². The zero-order valence-corrected chi connectivity index (χ0v) is 15.3. The number of hydrogen-bond acceptors (Lipinski definition) is 1. The Labute approximate surface area is 127 Å². The lowest BCUT2D eigenvalue weighted by molar-refractivity contribution is 0.155. The summed E-state index contributed by atoms with van der Waals surface area (Å²) in [5.41, 5.74) is 1.33. The van der Waals surface area contributed by atoms with Gasteiger partial charge >= 0.3 is 0 Å². The van der Waals surface area contributed by atoms with Gasteiger partial charge in [-0.15, -0.1) is 0 Å². The fourth-order valence-electron chi connectivity index (χ4n) is 6.23. The molecule has 3 saturated carbocycles. The van der Waals surface area contributed by atoms with Crippen molar-refractivity contribution in [2.45, 2.75) is 89.9 Å². The van der Waals surface area contributed by atoms with Gasteiger partial charge in [-0.1, -0.05) is 45.2 Å². The molecule has 3 aliphatic carbocycles. The second-order valence-corrected chi connectivity index (χ2v) is 14.1. The standard InChI is InChI=1S/C18H35NSi/c1-18(2,3)19-20(4,5)17-10-9-15-11-13-7-6-8-14(13)12-16(15)17/h13-17,19H,6-12H2,1-5H3. The van der Waals surface area contributed by atoms with Gasteiger partial charge in [0.15, 0.2) is 0 Å². The van der Waals surface area contributed by atoms with Crippen molar-refractivity contribution in [2.75, 3.05) is 0 Å². The molecule has 0 amide bonds. The van der Waals surface area contributed by atoms with Gasteiger partial charge in [-0.2, -0.15) is 0 Å². The minimum Gasteiger partial charge on any atom is -0.332 e. The van der Waals surface area contributed by atoms with Gasteiger partial charge in [0.25, 0.3) is 0 Å². The predicted molar refractivity (Wildman–Crippen MR) is 90.4 cm³/mol. The highest BCUT2D eigenvalue weighted by Gasteiger charge is 2.50. The summed E-state index contributed by atoms with van der Waals surface area (Å²) in [7, 11) is -1.31. The molecule has 0 aromatic heterocycles. The first kappa shape index (κ1) is 15.1. The summed E-state index contributed by atoms with van der Waals surface area (Å²) in [4.78, 5) is 4.07. The smallest absolute Gasteiger partial charge is 0.123 e. The quantitative estimate of drug-likeness (QED) is 0.691. The maximum atomic E-state index is 4.07. The molecule has 3 aliphatic rings. The van der Waals surface area contributed by atoms with Crippen molar-refractivity contribution in [2.24, 2.45) is 23.7 Å². The van der Waals surface area contributed by atoms with Crippen LogP contribution in [0.5, 0.6) is 0 Å².